The molecule has 164 valence electrons. The minimum absolute atomic E-state index is 0.165. The number of imidazole rings is 1. The molecule has 2 N–H and O–H groups in total. The number of hydrogen-bond acceptors (Lipinski definition) is 5. The summed E-state index contributed by atoms with van der Waals surface area (Å²) >= 11 is 0. The standard InChI is InChI=1S/C21H31N5O3S/c1-3-17(2)15-24-19-12-18(21(27)23-7-11-25-10-6-22-16-25)13-20(14-19)30(28,29)26-8-4-5-9-26/h6,10,12-14,16-17,24H,3-5,7-9,11,15H2,1-2H3,(H,23,27). The summed E-state index contributed by atoms with van der Waals surface area (Å²) in [6, 6.07) is 4.84. The fourth-order valence-corrected chi connectivity index (χ4v) is 4.90. The maximum atomic E-state index is 13.1. The van der Waals surface area contributed by atoms with Crippen LogP contribution in [0.15, 0.2) is 41.8 Å². The van der Waals surface area contributed by atoms with Crippen LogP contribution >= 0.6 is 0 Å². The Morgan fingerprint density at radius 1 is 1.23 bits per heavy atom. The second-order valence-corrected chi connectivity index (χ2v) is 9.75. The topological polar surface area (TPSA) is 96.3 Å². The van der Waals surface area contributed by atoms with E-state index in [1.165, 1.54) is 10.4 Å². The molecule has 1 amide bonds. The van der Waals surface area contributed by atoms with Gasteiger partial charge in [-0.15, -0.1) is 0 Å². The van der Waals surface area contributed by atoms with Crippen LogP contribution in [0.5, 0.6) is 0 Å². The van der Waals surface area contributed by atoms with Gasteiger partial charge in [0.25, 0.3) is 5.91 Å². The zero-order chi connectivity index (χ0) is 21.6. The molecule has 2 heterocycles. The van der Waals surface area contributed by atoms with Gasteiger partial charge in [0.2, 0.25) is 10.0 Å². The van der Waals surface area contributed by atoms with Crippen molar-refractivity contribution in [2.75, 3.05) is 31.5 Å². The predicted molar refractivity (Wildman–Crippen MR) is 117 cm³/mol. The van der Waals surface area contributed by atoms with Crippen LogP contribution in [-0.2, 0) is 16.6 Å². The van der Waals surface area contributed by atoms with Gasteiger partial charge in [-0.2, -0.15) is 4.31 Å². The molecule has 3 rings (SSSR count). The van der Waals surface area contributed by atoms with Gasteiger partial charge < -0.3 is 15.2 Å². The van der Waals surface area contributed by atoms with Gasteiger partial charge in [-0.3, -0.25) is 4.79 Å². The first-order valence-electron chi connectivity index (χ1n) is 10.5. The lowest BCUT2D eigenvalue weighted by Gasteiger charge is -2.18. The van der Waals surface area contributed by atoms with Crippen LogP contribution in [0.2, 0.25) is 0 Å². The maximum absolute atomic E-state index is 13.1. The van der Waals surface area contributed by atoms with Crippen molar-refractivity contribution in [3.8, 4) is 0 Å². The number of anilines is 1. The number of nitrogens with zero attached hydrogens (tertiary/aromatic N) is 3. The van der Waals surface area contributed by atoms with E-state index in [1.807, 2.05) is 10.8 Å². The third-order valence-corrected chi connectivity index (χ3v) is 7.31. The van der Waals surface area contributed by atoms with Crippen molar-refractivity contribution in [2.24, 2.45) is 5.92 Å². The molecule has 30 heavy (non-hydrogen) atoms. The van der Waals surface area contributed by atoms with Gasteiger partial charge in [-0.25, -0.2) is 13.4 Å². The third kappa shape index (κ3) is 5.60. The van der Waals surface area contributed by atoms with Crippen LogP contribution in [0.25, 0.3) is 0 Å². The molecule has 1 fully saturated rings. The lowest BCUT2D eigenvalue weighted by Crippen LogP contribution is -2.29. The molecule has 1 atom stereocenters. The van der Waals surface area contributed by atoms with Crippen LogP contribution in [0.4, 0.5) is 5.69 Å². The summed E-state index contributed by atoms with van der Waals surface area (Å²) in [4.78, 5) is 16.9. The summed E-state index contributed by atoms with van der Waals surface area (Å²) in [6.45, 7) is 7.02. The van der Waals surface area contributed by atoms with Gasteiger partial charge in [0.1, 0.15) is 0 Å². The first kappa shape index (κ1) is 22.3. The third-order valence-electron chi connectivity index (χ3n) is 5.44. The molecule has 1 aromatic heterocycles. The number of hydrogen-bond donors (Lipinski definition) is 2. The molecule has 9 heteroatoms. The van der Waals surface area contributed by atoms with Crippen LogP contribution < -0.4 is 10.6 Å². The molecular weight excluding hydrogens is 402 g/mol. The molecule has 0 aliphatic carbocycles. The summed E-state index contributed by atoms with van der Waals surface area (Å²) in [5.74, 6) is 0.150. The van der Waals surface area contributed by atoms with E-state index in [-0.39, 0.29) is 10.8 Å². The largest absolute Gasteiger partial charge is 0.385 e. The van der Waals surface area contributed by atoms with Crippen LogP contribution in [-0.4, -0.2) is 54.4 Å². The number of carbonyl (C=O) groups excluding carboxylic acids is 1. The average molecular weight is 434 g/mol. The first-order valence-corrected chi connectivity index (χ1v) is 12.0. The number of aromatic nitrogens is 2. The Morgan fingerprint density at radius 2 is 2.00 bits per heavy atom. The van der Waals surface area contributed by atoms with Crippen molar-refractivity contribution in [2.45, 2.75) is 44.6 Å². The Labute approximate surface area is 178 Å². The van der Waals surface area contributed by atoms with Gasteiger partial charge in [-0.1, -0.05) is 20.3 Å². The molecular formula is C21H31N5O3S. The number of rotatable bonds is 10. The fraction of sp³-hybridized carbons (Fsp3) is 0.524. The van der Waals surface area contributed by atoms with Crippen molar-refractivity contribution >= 4 is 21.6 Å². The van der Waals surface area contributed by atoms with Crippen LogP contribution in [0.3, 0.4) is 0 Å². The van der Waals surface area contributed by atoms with Gasteiger partial charge in [0.05, 0.1) is 11.2 Å². The Bertz CT molecular complexity index is 938. The molecule has 1 unspecified atom stereocenters. The molecule has 1 saturated heterocycles. The second kappa shape index (κ2) is 10.1. The minimum Gasteiger partial charge on any atom is -0.385 e. The monoisotopic (exact) mass is 433 g/mol. The number of carbonyl (C=O) groups is 1. The Kier molecular flexibility index (Phi) is 7.49. The molecule has 1 aromatic carbocycles. The predicted octanol–water partition coefficient (Wildman–Crippen LogP) is 2.56. The maximum Gasteiger partial charge on any atom is 0.251 e. The Hall–Kier alpha value is -2.39. The van der Waals surface area contributed by atoms with Crippen molar-refractivity contribution in [3.05, 3.63) is 42.5 Å². The quantitative estimate of drug-likeness (QED) is 0.600. The summed E-state index contributed by atoms with van der Waals surface area (Å²) in [6.07, 6.45) is 7.95. The summed E-state index contributed by atoms with van der Waals surface area (Å²) in [5.41, 5.74) is 0.989. The molecule has 2 aromatic rings. The number of amides is 1. The zero-order valence-corrected chi connectivity index (χ0v) is 18.5. The van der Waals surface area contributed by atoms with E-state index in [1.54, 1.807) is 24.7 Å². The highest BCUT2D eigenvalue weighted by molar-refractivity contribution is 7.89. The van der Waals surface area contributed by atoms with Gasteiger partial charge in [0.15, 0.2) is 0 Å². The molecule has 0 spiro atoms. The molecule has 0 saturated carbocycles. The highest BCUT2D eigenvalue weighted by atomic mass is 32.2. The lowest BCUT2D eigenvalue weighted by molar-refractivity contribution is 0.0952. The van der Waals surface area contributed by atoms with E-state index in [0.29, 0.717) is 49.9 Å². The fourth-order valence-electron chi connectivity index (χ4n) is 3.31. The van der Waals surface area contributed by atoms with Gasteiger partial charge >= 0.3 is 0 Å². The van der Waals surface area contributed by atoms with Crippen molar-refractivity contribution in [3.63, 3.8) is 0 Å². The normalized spacial score (nSPS) is 15.8. The minimum atomic E-state index is -3.62. The van der Waals surface area contributed by atoms with E-state index < -0.39 is 10.0 Å². The molecule has 1 aliphatic rings. The van der Waals surface area contributed by atoms with E-state index in [4.69, 9.17) is 0 Å². The Morgan fingerprint density at radius 3 is 2.67 bits per heavy atom. The second-order valence-electron chi connectivity index (χ2n) is 7.81. The first-order chi connectivity index (χ1) is 14.4. The van der Waals surface area contributed by atoms with Crippen molar-refractivity contribution in [1.82, 2.24) is 19.2 Å². The molecule has 0 radical (unpaired) electrons. The van der Waals surface area contributed by atoms with E-state index >= 15 is 0 Å². The SMILES string of the molecule is CCC(C)CNc1cc(C(=O)NCCn2ccnc2)cc(S(=O)(=O)N2CCCC2)c1. The lowest BCUT2D eigenvalue weighted by atomic mass is 10.1. The smallest absolute Gasteiger partial charge is 0.251 e. The zero-order valence-electron chi connectivity index (χ0n) is 17.7. The summed E-state index contributed by atoms with van der Waals surface area (Å²) < 4.78 is 29.5. The van der Waals surface area contributed by atoms with Gasteiger partial charge in [0, 0.05) is 56.4 Å². The summed E-state index contributed by atoms with van der Waals surface area (Å²) in [5, 5.41) is 6.16. The molecule has 1 aliphatic heterocycles. The Balaban J connectivity index is 1.80. The molecule has 8 nitrogen and oxygen atoms in total. The van der Waals surface area contributed by atoms with E-state index in [0.717, 1.165) is 19.3 Å². The number of nitrogens with one attached hydrogen (secondary N) is 2. The van der Waals surface area contributed by atoms with Crippen molar-refractivity contribution in [1.29, 1.82) is 0 Å². The molecule has 0 bridgehead atoms. The highest BCUT2D eigenvalue weighted by Gasteiger charge is 2.28. The summed E-state index contributed by atoms with van der Waals surface area (Å²) in [7, 11) is -3.62. The van der Waals surface area contributed by atoms with Gasteiger partial charge in [-0.05, 0) is 37.0 Å². The average Bonchev–Trinajstić information content (AvgIpc) is 3.46. The number of benzene rings is 1. The van der Waals surface area contributed by atoms with Crippen LogP contribution in [0, 0.1) is 5.92 Å². The van der Waals surface area contributed by atoms with E-state index in [9.17, 15) is 13.2 Å². The van der Waals surface area contributed by atoms with Crippen LogP contribution in [0.1, 0.15) is 43.5 Å². The number of sulfonamides is 1. The van der Waals surface area contributed by atoms with Crippen molar-refractivity contribution < 1.29 is 13.2 Å². The van der Waals surface area contributed by atoms with E-state index in [2.05, 4.69) is 29.5 Å². The highest BCUT2D eigenvalue weighted by Crippen LogP contribution is 2.25.